The first-order chi connectivity index (χ1) is 8.35. The van der Waals surface area contributed by atoms with Crippen LogP contribution in [0.1, 0.15) is 10.4 Å². The van der Waals surface area contributed by atoms with E-state index < -0.39 is 0 Å². The van der Waals surface area contributed by atoms with E-state index in [1.54, 1.807) is 19.2 Å². The van der Waals surface area contributed by atoms with Gasteiger partial charge in [0.1, 0.15) is 25.6 Å². The number of fused-ring (bicyclic) bond motifs is 1. The Morgan fingerprint density at radius 1 is 1.24 bits per heavy atom. The molecular weight excluding hydrogens is 224 g/mol. The molecule has 0 unspecified atom stereocenters. The van der Waals surface area contributed by atoms with Gasteiger partial charge in [-0.15, -0.1) is 0 Å². The molecule has 1 aromatic rings. The topological polar surface area (TPSA) is 54.0 Å². The van der Waals surface area contributed by atoms with Gasteiger partial charge in [-0.2, -0.15) is 0 Å². The van der Waals surface area contributed by atoms with Crippen molar-refractivity contribution < 1.29 is 23.7 Å². The number of carbonyl (C=O) groups is 1. The van der Waals surface area contributed by atoms with Crippen LogP contribution in [0.5, 0.6) is 17.2 Å². The molecule has 5 heteroatoms. The maximum absolute atomic E-state index is 10.9. The summed E-state index contributed by atoms with van der Waals surface area (Å²) in [6, 6.07) is 3.30. The van der Waals surface area contributed by atoms with E-state index in [4.69, 9.17) is 18.9 Å². The Hall–Kier alpha value is -1.75. The number of hydrogen-bond donors (Lipinski definition) is 0. The SMILES string of the molecule is COCCOc1cc2c(cc1C=O)OCCO2. The van der Waals surface area contributed by atoms with Gasteiger partial charge >= 0.3 is 0 Å². The van der Waals surface area contributed by atoms with E-state index >= 15 is 0 Å². The van der Waals surface area contributed by atoms with Gasteiger partial charge in [-0.25, -0.2) is 0 Å². The molecule has 0 radical (unpaired) electrons. The van der Waals surface area contributed by atoms with E-state index in [1.165, 1.54) is 0 Å². The predicted molar refractivity (Wildman–Crippen MR) is 60.2 cm³/mol. The molecule has 0 amide bonds. The van der Waals surface area contributed by atoms with Crippen LogP contribution in [0.25, 0.3) is 0 Å². The largest absolute Gasteiger partial charge is 0.490 e. The van der Waals surface area contributed by atoms with Gasteiger partial charge in [0.25, 0.3) is 0 Å². The zero-order valence-corrected chi connectivity index (χ0v) is 9.60. The van der Waals surface area contributed by atoms with E-state index in [-0.39, 0.29) is 0 Å². The van der Waals surface area contributed by atoms with Crippen LogP contribution in [0.4, 0.5) is 0 Å². The molecular formula is C12H14O5. The lowest BCUT2D eigenvalue weighted by Crippen LogP contribution is -2.16. The zero-order chi connectivity index (χ0) is 12.1. The number of hydrogen-bond acceptors (Lipinski definition) is 5. The van der Waals surface area contributed by atoms with E-state index in [1.807, 2.05) is 0 Å². The van der Waals surface area contributed by atoms with Crippen LogP contribution in [0.3, 0.4) is 0 Å². The fourth-order valence-corrected chi connectivity index (χ4v) is 1.54. The average molecular weight is 238 g/mol. The van der Waals surface area contributed by atoms with E-state index in [2.05, 4.69) is 0 Å². The van der Waals surface area contributed by atoms with Crippen LogP contribution in [-0.2, 0) is 4.74 Å². The van der Waals surface area contributed by atoms with Crippen LogP contribution >= 0.6 is 0 Å². The summed E-state index contributed by atoms with van der Waals surface area (Å²) in [5, 5.41) is 0. The maximum Gasteiger partial charge on any atom is 0.165 e. The summed E-state index contributed by atoms with van der Waals surface area (Å²) >= 11 is 0. The number of ether oxygens (including phenoxy) is 4. The van der Waals surface area contributed by atoms with Crippen molar-refractivity contribution >= 4 is 6.29 Å². The first kappa shape index (κ1) is 11.7. The zero-order valence-electron chi connectivity index (χ0n) is 9.60. The van der Waals surface area contributed by atoms with Crippen molar-refractivity contribution in [3.63, 3.8) is 0 Å². The second-order valence-corrected chi connectivity index (χ2v) is 3.49. The summed E-state index contributed by atoms with van der Waals surface area (Å²) in [6.45, 7) is 1.85. The van der Waals surface area contributed by atoms with Crippen molar-refractivity contribution in [2.45, 2.75) is 0 Å². The van der Waals surface area contributed by atoms with E-state index in [9.17, 15) is 4.79 Å². The van der Waals surface area contributed by atoms with Gasteiger partial charge in [0, 0.05) is 13.2 Å². The third-order valence-electron chi connectivity index (χ3n) is 2.35. The molecule has 0 saturated carbocycles. The van der Waals surface area contributed by atoms with Crippen LogP contribution in [-0.4, -0.2) is 39.8 Å². The Bertz CT molecular complexity index is 402. The highest BCUT2D eigenvalue weighted by Gasteiger charge is 2.16. The molecule has 0 atom stereocenters. The van der Waals surface area contributed by atoms with Crippen molar-refractivity contribution in [2.75, 3.05) is 33.5 Å². The molecule has 0 saturated heterocycles. The Morgan fingerprint density at radius 2 is 1.94 bits per heavy atom. The molecule has 5 nitrogen and oxygen atoms in total. The van der Waals surface area contributed by atoms with Gasteiger partial charge in [0.15, 0.2) is 17.8 Å². The highest BCUT2D eigenvalue weighted by atomic mass is 16.6. The van der Waals surface area contributed by atoms with Crippen molar-refractivity contribution in [3.05, 3.63) is 17.7 Å². The van der Waals surface area contributed by atoms with E-state index in [0.29, 0.717) is 49.2 Å². The number of methoxy groups -OCH3 is 1. The molecule has 92 valence electrons. The molecule has 0 aliphatic carbocycles. The summed E-state index contributed by atoms with van der Waals surface area (Å²) in [4.78, 5) is 10.9. The highest BCUT2D eigenvalue weighted by molar-refractivity contribution is 5.81. The van der Waals surface area contributed by atoms with Crippen LogP contribution < -0.4 is 14.2 Å². The second kappa shape index (κ2) is 5.54. The van der Waals surface area contributed by atoms with Gasteiger partial charge in [-0.1, -0.05) is 0 Å². The van der Waals surface area contributed by atoms with Gasteiger partial charge in [0.05, 0.1) is 12.2 Å². The van der Waals surface area contributed by atoms with E-state index in [0.717, 1.165) is 6.29 Å². The first-order valence-corrected chi connectivity index (χ1v) is 5.35. The van der Waals surface area contributed by atoms with Crippen molar-refractivity contribution in [1.82, 2.24) is 0 Å². The minimum Gasteiger partial charge on any atom is -0.490 e. The predicted octanol–water partition coefficient (Wildman–Crippen LogP) is 1.30. The summed E-state index contributed by atoms with van der Waals surface area (Å²) in [7, 11) is 1.59. The third-order valence-corrected chi connectivity index (χ3v) is 2.35. The molecule has 0 spiro atoms. The van der Waals surface area contributed by atoms with Gasteiger partial charge in [-0.05, 0) is 6.07 Å². The van der Waals surface area contributed by atoms with Gasteiger partial charge in [0.2, 0.25) is 0 Å². The van der Waals surface area contributed by atoms with Gasteiger partial charge < -0.3 is 18.9 Å². The summed E-state index contributed by atoms with van der Waals surface area (Å²) in [5.41, 5.74) is 0.449. The Kier molecular flexibility index (Phi) is 3.82. The molecule has 17 heavy (non-hydrogen) atoms. The lowest BCUT2D eigenvalue weighted by Gasteiger charge is -2.20. The second-order valence-electron chi connectivity index (χ2n) is 3.49. The van der Waals surface area contributed by atoms with Crippen LogP contribution in [0, 0.1) is 0 Å². The normalized spacial score (nSPS) is 13.2. The standard InChI is InChI=1S/C12H14O5/c1-14-2-3-15-10-7-12-11(6-9(10)8-13)16-4-5-17-12/h6-8H,2-5H2,1H3. The Morgan fingerprint density at radius 3 is 2.59 bits per heavy atom. The monoisotopic (exact) mass is 238 g/mol. The van der Waals surface area contributed by atoms with Gasteiger partial charge in [-0.3, -0.25) is 4.79 Å². The lowest BCUT2D eigenvalue weighted by molar-refractivity contribution is 0.111. The minimum atomic E-state index is 0.386. The number of benzene rings is 1. The van der Waals surface area contributed by atoms with Crippen molar-refractivity contribution in [2.24, 2.45) is 0 Å². The van der Waals surface area contributed by atoms with Crippen LogP contribution in [0.2, 0.25) is 0 Å². The molecule has 1 aromatic carbocycles. The molecule has 2 rings (SSSR count). The molecule has 0 N–H and O–H groups in total. The maximum atomic E-state index is 10.9. The molecule has 0 bridgehead atoms. The summed E-state index contributed by atoms with van der Waals surface area (Å²) in [5.74, 6) is 1.67. The Labute approximate surface area is 99.2 Å². The minimum absolute atomic E-state index is 0.386. The average Bonchev–Trinajstić information content (AvgIpc) is 2.38. The van der Waals surface area contributed by atoms with Crippen LogP contribution in [0.15, 0.2) is 12.1 Å². The summed E-state index contributed by atoms with van der Waals surface area (Å²) < 4.78 is 21.1. The number of aldehydes is 1. The first-order valence-electron chi connectivity index (χ1n) is 5.35. The quantitative estimate of drug-likeness (QED) is 0.571. The molecule has 1 aliphatic rings. The Balaban J connectivity index is 2.20. The highest BCUT2D eigenvalue weighted by Crippen LogP contribution is 2.36. The third kappa shape index (κ3) is 2.68. The molecule has 0 fully saturated rings. The molecule has 1 aliphatic heterocycles. The molecule has 1 heterocycles. The fraction of sp³-hybridized carbons (Fsp3) is 0.417. The molecule has 0 aromatic heterocycles. The number of carbonyl (C=O) groups excluding carboxylic acids is 1. The van der Waals surface area contributed by atoms with Crippen molar-refractivity contribution in [1.29, 1.82) is 0 Å². The van der Waals surface area contributed by atoms with Crippen molar-refractivity contribution in [3.8, 4) is 17.2 Å². The smallest absolute Gasteiger partial charge is 0.165 e. The fourth-order valence-electron chi connectivity index (χ4n) is 1.54. The summed E-state index contributed by atoms with van der Waals surface area (Å²) in [6.07, 6.45) is 0.736. The number of rotatable bonds is 5. The lowest BCUT2D eigenvalue weighted by atomic mass is 10.2.